The van der Waals surface area contributed by atoms with Crippen molar-refractivity contribution in [1.29, 1.82) is 0 Å². The summed E-state index contributed by atoms with van der Waals surface area (Å²) in [6.07, 6.45) is 0.970. The summed E-state index contributed by atoms with van der Waals surface area (Å²) in [5.41, 5.74) is 2.01. The SMILES string of the molecule is CCC(C(=O)Nc1ccc(OC2CSC2)cc1)(c1ccccc1)c1ccccc1. The van der Waals surface area contributed by atoms with Gasteiger partial charge in [0.05, 0.1) is 5.41 Å². The normalized spacial score (nSPS) is 14.1. The number of benzene rings is 3. The molecule has 1 aliphatic heterocycles. The second-order valence-corrected chi connectivity index (χ2v) is 8.32. The van der Waals surface area contributed by atoms with Gasteiger partial charge < -0.3 is 10.1 Å². The summed E-state index contributed by atoms with van der Waals surface area (Å²) < 4.78 is 5.90. The number of anilines is 1. The summed E-state index contributed by atoms with van der Waals surface area (Å²) in [4.78, 5) is 13.6. The molecule has 0 atom stereocenters. The van der Waals surface area contributed by atoms with Gasteiger partial charge in [0.1, 0.15) is 11.9 Å². The summed E-state index contributed by atoms with van der Waals surface area (Å²) in [6.45, 7) is 2.06. The number of nitrogens with one attached hydrogen (secondary N) is 1. The van der Waals surface area contributed by atoms with E-state index in [2.05, 4.69) is 12.2 Å². The third-order valence-electron chi connectivity index (χ3n) is 5.47. The second-order valence-electron chi connectivity index (χ2n) is 7.25. The van der Waals surface area contributed by atoms with Gasteiger partial charge in [-0.25, -0.2) is 0 Å². The molecule has 1 amide bonds. The van der Waals surface area contributed by atoms with Gasteiger partial charge in [0.15, 0.2) is 0 Å². The van der Waals surface area contributed by atoms with E-state index in [-0.39, 0.29) is 5.91 Å². The largest absolute Gasteiger partial charge is 0.489 e. The van der Waals surface area contributed by atoms with E-state index >= 15 is 0 Å². The molecule has 29 heavy (non-hydrogen) atoms. The fourth-order valence-corrected chi connectivity index (χ4v) is 4.34. The monoisotopic (exact) mass is 403 g/mol. The lowest BCUT2D eigenvalue weighted by Crippen LogP contribution is -2.41. The fourth-order valence-electron chi connectivity index (χ4n) is 3.77. The number of hydrogen-bond acceptors (Lipinski definition) is 3. The summed E-state index contributed by atoms with van der Waals surface area (Å²) in [7, 11) is 0. The molecule has 0 bridgehead atoms. The zero-order valence-corrected chi connectivity index (χ0v) is 17.3. The van der Waals surface area contributed by atoms with Crippen LogP contribution in [0.4, 0.5) is 5.69 Å². The number of hydrogen-bond donors (Lipinski definition) is 1. The first-order valence-corrected chi connectivity index (χ1v) is 11.1. The van der Waals surface area contributed by atoms with Crippen LogP contribution in [-0.2, 0) is 10.2 Å². The summed E-state index contributed by atoms with van der Waals surface area (Å²) >= 11 is 1.89. The average Bonchev–Trinajstić information content (AvgIpc) is 2.74. The molecule has 1 fully saturated rings. The molecule has 0 saturated carbocycles. The van der Waals surface area contributed by atoms with Gasteiger partial charge in [0, 0.05) is 17.2 Å². The summed E-state index contributed by atoms with van der Waals surface area (Å²) in [5, 5.41) is 3.14. The molecule has 4 rings (SSSR count). The molecular formula is C25H25NO2S. The third-order valence-corrected chi connectivity index (χ3v) is 6.69. The van der Waals surface area contributed by atoms with Crippen LogP contribution < -0.4 is 10.1 Å². The van der Waals surface area contributed by atoms with Crippen molar-refractivity contribution >= 4 is 23.4 Å². The first kappa shape index (κ1) is 19.6. The third kappa shape index (κ3) is 4.03. The molecular weight excluding hydrogens is 378 g/mol. The first-order chi connectivity index (χ1) is 14.2. The average molecular weight is 404 g/mol. The standard InChI is InChI=1S/C25H25NO2S/c1-2-25(19-9-5-3-6-10-19,20-11-7-4-8-12-20)24(27)26-21-13-15-22(16-14-21)28-23-17-29-18-23/h3-16,23H,2,17-18H2,1H3,(H,26,27). The first-order valence-electron chi connectivity index (χ1n) is 9.99. The van der Waals surface area contributed by atoms with E-state index in [1.807, 2.05) is 96.7 Å². The molecule has 1 aliphatic rings. The highest BCUT2D eigenvalue weighted by molar-refractivity contribution is 8.00. The van der Waals surface area contributed by atoms with Gasteiger partial charge in [-0.05, 0) is 41.8 Å². The lowest BCUT2D eigenvalue weighted by atomic mass is 9.71. The Bertz CT molecular complexity index is 898. The topological polar surface area (TPSA) is 38.3 Å². The number of carbonyl (C=O) groups excluding carboxylic acids is 1. The van der Waals surface area contributed by atoms with E-state index in [4.69, 9.17) is 4.74 Å². The molecule has 1 N–H and O–H groups in total. The van der Waals surface area contributed by atoms with Gasteiger partial charge >= 0.3 is 0 Å². The minimum atomic E-state index is -0.749. The van der Waals surface area contributed by atoms with E-state index in [9.17, 15) is 4.79 Å². The number of rotatable bonds is 7. The van der Waals surface area contributed by atoms with Gasteiger partial charge in [-0.1, -0.05) is 67.6 Å². The predicted molar refractivity (Wildman–Crippen MR) is 121 cm³/mol. The minimum Gasteiger partial charge on any atom is -0.489 e. The fraction of sp³-hybridized carbons (Fsp3) is 0.240. The smallest absolute Gasteiger partial charge is 0.239 e. The molecule has 0 aliphatic carbocycles. The van der Waals surface area contributed by atoms with Gasteiger partial charge in [-0.15, -0.1) is 0 Å². The highest BCUT2D eigenvalue weighted by atomic mass is 32.2. The second kappa shape index (κ2) is 8.75. The van der Waals surface area contributed by atoms with Crippen molar-refractivity contribution in [1.82, 2.24) is 0 Å². The Labute approximate surface area is 176 Å². The Morgan fingerprint density at radius 3 is 1.93 bits per heavy atom. The van der Waals surface area contributed by atoms with Gasteiger partial charge in [-0.2, -0.15) is 11.8 Å². The van der Waals surface area contributed by atoms with Crippen LogP contribution in [0.3, 0.4) is 0 Å². The number of amides is 1. The van der Waals surface area contributed by atoms with Crippen molar-refractivity contribution in [2.75, 3.05) is 16.8 Å². The molecule has 0 unspecified atom stereocenters. The van der Waals surface area contributed by atoms with E-state index in [1.54, 1.807) is 0 Å². The molecule has 3 nitrogen and oxygen atoms in total. The van der Waals surface area contributed by atoms with Gasteiger partial charge in [0.2, 0.25) is 5.91 Å². The van der Waals surface area contributed by atoms with Crippen LogP contribution in [0.15, 0.2) is 84.9 Å². The van der Waals surface area contributed by atoms with Crippen LogP contribution in [0.2, 0.25) is 0 Å². The zero-order valence-electron chi connectivity index (χ0n) is 16.5. The predicted octanol–water partition coefficient (Wildman–Crippen LogP) is 5.52. The minimum absolute atomic E-state index is 0.0264. The van der Waals surface area contributed by atoms with Gasteiger partial charge in [0.25, 0.3) is 0 Å². The summed E-state index contributed by atoms with van der Waals surface area (Å²) in [6, 6.07) is 27.7. The Morgan fingerprint density at radius 2 is 1.48 bits per heavy atom. The number of carbonyl (C=O) groups is 1. The highest BCUT2D eigenvalue weighted by Crippen LogP contribution is 2.37. The maximum atomic E-state index is 13.6. The lowest BCUT2D eigenvalue weighted by Gasteiger charge is -2.33. The van der Waals surface area contributed by atoms with Crippen molar-refractivity contribution in [3.63, 3.8) is 0 Å². The number of ether oxygens (including phenoxy) is 1. The molecule has 4 heteroatoms. The Morgan fingerprint density at radius 1 is 0.931 bits per heavy atom. The van der Waals surface area contributed by atoms with E-state index in [0.717, 1.165) is 34.1 Å². The Kier molecular flexibility index (Phi) is 5.91. The lowest BCUT2D eigenvalue weighted by molar-refractivity contribution is -0.120. The Hall–Kier alpha value is -2.72. The molecule has 3 aromatic carbocycles. The maximum Gasteiger partial charge on any atom is 0.239 e. The van der Waals surface area contributed by atoms with Crippen molar-refractivity contribution in [2.45, 2.75) is 24.9 Å². The van der Waals surface area contributed by atoms with Gasteiger partial charge in [-0.3, -0.25) is 4.79 Å². The van der Waals surface area contributed by atoms with Crippen molar-refractivity contribution in [2.24, 2.45) is 0 Å². The van der Waals surface area contributed by atoms with Crippen LogP contribution in [0.25, 0.3) is 0 Å². The van der Waals surface area contributed by atoms with Crippen LogP contribution >= 0.6 is 11.8 Å². The Balaban J connectivity index is 1.61. The van der Waals surface area contributed by atoms with Crippen molar-refractivity contribution < 1.29 is 9.53 Å². The molecule has 0 radical (unpaired) electrons. The van der Waals surface area contributed by atoms with Crippen molar-refractivity contribution in [3.05, 3.63) is 96.1 Å². The van der Waals surface area contributed by atoms with Crippen LogP contribution in [0, 0.1) is 0 Å². The molecule has 1 heterocycles. The number of thioether (sulfide) groups is 1. The molecule has 3 aromatic rings. The van der Waals surface area contributed by atoms with E-state index in [1.165, 1.54) is 0 Å². The zero-order chi connectivity index (χ0) is 20.1. The highest BCUT2D eigenvalue weighted by Gasteiger charge is 2.40. The molecule has 1 saturated heterocycles. The van der Waals surface area contributed by atoms with Crippen LogP contribution in [0.1, 0.15) is 24.5 Å². The molecule has 0 spiro atoms. The molecule has 0 aromatic heterocycles. The van der Waals surface area contributed by atoms with Crippen molar-refractivity contribution in [3.8, 4) is 5.75 Å². The molecule has 148 valence electrons. The van der Waals surface area contributed by atoms with Crippen LogP contribution in [0.5, 0.6) is 5.75 Å². The van der Waals surface area contributed by atoms with E-state index in [0.29, 0.717) is 12.5 Å². The summed E-state index contributed by atoms with van der Waals surface area (Å²) in [5.74, 6) is 2.92. The van der Waals surface area contributed by atoms with E-state index < -0.39 is 5.41 Å². The maximum absolute atomic E-state index is 13.6. The quantitative estimate of drug-likeness (QED) is 0.565. The van der Waals surface area contributed by atoms with Crippen LogP contribution in [-0.4, -0.2) is 23.5 Å².